The first kappa shape index (κ1) is 12.5. The third-order valence-electron chi connectivity index (χ3n) is 4.03. The summed E-state index contributed by atoms with van der Waals surface area (Å²) < 4.78 is 18.2. The standard InChI is InChI=1S/C16H22O3/c1-3-12-6-4-7-14(17)16(12)13(9-11-18-2)15-8-5-10-19-15/h5,8-13,16H,3-4,6-7H2,1-2H3/b11-9-/t12-,13-,16-/m0/s1/i11D. The summed E-state index contributed by atoms with van der Waals surface area (Å²) in [5.41, 5.74) is 0. The van der Waals surface area contributed by atoms with Gasteiger partial charge in [0.05, 0.1) is 19.6 Å². The molecule has 1 saturated carbocycles. The van der Waals surface area contributed by atoms with Gasteiger partial charge in [0, 0.05) is 18.3 Å². The molecule has 104 valence electrons. The number of rotatable bonds is 5. The quantitative estimate of drug-likeness (QED) is 0.756. The van der Waals surface area contributed by atoms with Crippen molar-refractivity contribution in [2.75, 3.05) is 7.11 Å². The highest BCUT2D eigenvalue weighted by molar-refractivity contribution is 5.83. The van der Waals surface area contributed by atoms with E-state index in [1.165, 1.54) is 7.11 Å². The lowest BCUT2D eigenvalue weighted by atomic mass is 9.70. The van der Waals surface area contributed by atoms with Crippen molar-refractivity contribution < 1.29 is 15.3 Å². The number of carbonyl (C=O) groups is 1. The van der Waals surface area contributed by atoms with Gasteiger partial charge in [-0.3, -0.25) is 4.79 Å². The van der Waals surface area contributed by atoms with Gasteiger partial charge in [0.2, 0.25) is 0 Å². The van der Waals surface area contributed by atoms with Gasteiger partial charge >= 0.3 is 0 Å². The highest BCUT2D eigenvalue weighted by Gasteiger charge is 2.37. The minimum atomic E-state index is -0.199. The molecule has 3 heteroatoms. The Labute approximate surface area is 116 Å². The molecule has 19 heavy (non-hydrogen) atoms. The maximum Gasteiger partial charge on any atom is 0.137 e. The summed E-state index contributed by atoms with van der Waals surface area (Å²) in [5, 5.41) is 0. The van der Waals surface area contributed by atoms with Crippen LogP contribution in [0, 0.1) is 11.8 Å². The molecule has 1 aromatic rings. The van der Waals surface area contributed by atoms with Gasteiger partial charge in [0.1, 0.15) is 12.9 Å². The summed E-state index contributed by atoms with van der Waals surface area (Å²) in [6.45, 7) is 2.12. The molecule has 0 aromatic carbocycles. The van der Waals surface area contributed by atoms with E-state index in [-0.39, 0.29) is 23.9 Å². The van der Waals surface area contributed by atoms with Crippen LogP contribution in [0.25, 0.3) is 0 Å². The van der Waals surface area contributed by atoms with Crippen molar-refractivity contribution >= 4 is 5.78 Å². The van der Waals surface area contributed by atoms with Crippen LogP contribution in [0.5, 0.6) is 0 Å². The van der Waals surface area contributed by atoms with Crippen molar-refractivity contribution in [3.8, 4) is 0 Å². The van der Waals surface area contributed by atoms with E-state index in [1.807, 2.05) is 12.1 Å². The van der Waals surface area contributed by atoms with Crippen LogP contribution in [-0.4, -0.2) is 12.9 Å². The first-order valence-corrected chi connectivity index (χ1v) is 6.95. The van der Waals surface area contributed by atoms with Crippen molar-refractivity contribution in [1.82, 2.24) is 0 Å². The highest BCUT2D eigenvalue weighted by atomic mass is 16.5. The van der Waals surface area contributed by atoms with Crippen LogP contribution in [0.2, 0.25) is 0 Å². The zero-order valence-electron chi connectivity index (χ0n) is 12.6. The van der Waals surface area contributed by atoms with Gasteiger partial charge in [-0.1, -0.05) is 13.3 Å². The van der Waals surface area contributed by atoms with Crippen molar-refractivity contribution in [2.45, 2.75) is 38.5 Å². The van der Waals surface area contributed by atoms with Crippen LogP contribution >= 0.6 is 0 Å². The Morgan fingerprint density at radius 1 is 1.68 bits per heavy atom. The van der Waals surface area contributed by atoms with Crippen molar-refractivity contribution in [3.63, 3.8) is 0 Å². The Morgan fingerprint density at radius 2 is 2.53 bits per heavy atom. The lowest BCUT2D eigenvalue weighted by molar-refractivity contribution is -0.127. The molecule has 1 fully saturated rings. The zero-order valence-corrected chi connectivity index (χ0v) is 11.6. The minimum Gasteiger partial charge on any atom is -0.505 e. The van der Waals surface area contributed by atoms with E-state index in [9.17, 15) is 4.79 Å². The molecule has 3 atom stereocenters. The number of allylic oxidation sites excluding steroid dienone is 1. The summed E-state index contributed by atoms with van der Waals surface area (Å²) in [6.07, 6.45) is 7.04. The molecular weight excluding hydrogens is 240 g/mol. The largest absolute Gasteiger partial charge is 0.505 e. The Kier molecular flexibility index (Phi) is 4.35. The van der Waals surface area contributed by atoms with Gasteiger partial charge in [-0.2, -0.15) is 0 Å². The molecule has 0 N–H and O–H groups in total. The predicted octanol–water partition coefficient (Wildman–Crippen LogP) is 3.92. The van der Waals surface area contributed by atoms with Gasteiger partial charge in [0.15, 0.2) is 0 Å². The van der Waals surface area contributed by atoms with Gasteiger partial charge in [-0.05, 0) is 37.0 Å². The van der Waals surface area contributed by atoms with Gasteiger partial charge in [-0.15, -0.1) is 0 Å². The Morgan fingerprint density at radius 3 is 3.16 bits per heavy atom. The average Bonchev–Trinajstić information content (AvgIpc) is 2.98. The molecule has 0 bridgehead atoms. The molecule has 1 aromatic heterocycles. The summed E-state index contributed by atoms with van der Waals surface area (Å²) in [5.74, 6) is 1.08. The van der Waals surface area contributed by atoms with Crippen LogP contribution in [0.1, 0.15) is 45.7 Å². The molecule has 0 radical (unpaired) electrons. The molecular formula is C16H22O3. The number of hydrogen-bond acceptors (Lipinski definition) is 3. The van der Waals surface area contributed by atoms with E-state index >= 15 is 0 Å². The van der Waals surface area contributed by atoms with Gasteiger partial charge < -0.3 is 9.15 Å². The number of furan rings is 1. The molecule has 1 heterocycles. The average molecular weight is 263 g/mol. The first-order chi connectivity index (χ1) is 9.67. The molecule has 3 nitrogen and oxygen atoms in total. The fourth-order valence-electron chi connectivity index (χ4n) is 3.08. The molecule has 2 rings (SSSR count). The third kappa shape index (κ3) is 3.09. The normalized spacial score (nSPS) is 26.9. The smallest absolute Gasteiger partial charge is 0.137 e. The predicted molar refractivity (Wildman–Crippen MR) is 73.7 cm³/mol. The van der Waals surface area contributed by atoms with Crippen LogP contribution in [0.3, 0.4) is 0 Å². The summed E-state index contributed by atoms with van der Waals surface area (Å²) in [6, 6.07) is 3.69. The first-order valence-electron chi connectivity index (χ1n) is 7.45. The number of Topliss-reactive ketones (excluding diaryl/α,β-unsaturated/α-hetero) is 1. The zero-order chi connectivity index (χ0) is 14.5. The lowest BCUT2D eigenvalue weighted by Gasteiger charge is -2.33. The maximum absolute atomic E-state index is 12.4. The number of hydrogen-bond donors (Lipinski definition) is 0. The van der Waals surface area contributed by atoms with E-state index < -0.39 is 0 Å². The fourth-order valence-corrected chi connectivity index (χ4v) is 3.08. The third-order valence-corrected chi connectivity index (χ3v) is 4.03. The Hall–Kier alpha value is -1.51. The summed E-state index contributed by atoms with van der Waals surface area (Å²) in [4.78, 5) is 12.4. The van der Waals surface area contributed by atoms with Crippen molar-refractivity contribution in [1.29, 1.82) is 0 Å². The molecule has 1 aliphatic carbocycles. The minimum absolute atomic E-state index is 0.0830. The molecule has 1 aliphatic rings. The summed E-state index contributed by atoms with van der Waals surface area (Å²) in [7, 11) is 1.47. The topological polar surface area (TPSA) is 39.4 Å². The van der Waals surface area contributed by atoms with Gasteiger partial charge in [0.25, 0.3) is 0 Å². The monoisotopic (exact) mass is 263 g/mol. The second-order valence-corrected chi connectivity index (χ2v) is 5.08. The van der Waals surface area contributed by atoms with E-state index in [4.69, 9.17) is 10.5 Å². The van der Waals surface area contributed by atoms with Gasteiger partial charge in [-0.25, -0.2) is 0 Å². The van der Waals surface area contributed by atoms with Crippen LogP contribution in [-0.2, 0) is 9.53 Å². The number of methoxy groups -OCH3 is 1. The summed E-state index contributed by atoms with van der Waals surface area (Å²) >= 11 is 0. The molecule has 0 amide bonds. The number of ether oxygens (including phenoxy) is 1. The second-order valence-electron chi connectivity index (χ2n) is 5.08. The Balaban J connectivity index is 2.36. The van der Waals surface area contributed by atoms with E-state index in [1.54, 1.807) is 12.3 Å². The van der Waals surface area contributed by atoms with E-state index in [0.717, 1.165) is 25.0 Å². The molecule has 0 unspecified atom stereocenters. The number of ketones is 1. The maximum atomic E-state index is 12.4. The highest BCUT2D eigenvalue weighted by Crippen LogP contribution is 2.40. The molecule has 0 aliphatic heterocycles. The van der Waals surface area contributed by atoms with Crippen molar-refractivity contribution in [2.24, 2.45) is 11.8 Å². The SMILES string of the molecule is [2H]/C(=C/[C@@H](c1ccco1)[C@H]1C(=O)CCC[C@@H]1CC)OC. The van der Waals surface area contributed by atoms with Crippen LogP contribution in [0.4, 0.5) is 0 Å². The molecule has 0 saturated heterocycles. The van der Waals surface area contributed by atoms with Crippen LogP contribution < -0.4 is 0 Å². The van der Waals surface area contributed by atoms with E-state index in [0.29, 0.717) is 12.3 Å². The lowest BCUT2D eigenvalue weighted by Crippen LogP contribution is -2.32. The van der Waals surface area contributed by atoms with E-state index in [2.05, 4.69) is 6.92 Å². The number of carbonyl (C=O) groups excluding carboxylic acids is 1. The molecule has 0 spiro atoms. The Bertz CT molecular complexity index is 464. The second kappa shape index (κ2) is 6.60. The fraction of sp³-hybridized carbons (Fsp3) is 0.562. The van der Waals surface area contributed by atoms with Crippen LogP contribution in [0.15, 0.2) is 35.1 Å². The van der Waals surface area contributed by atoms with Crippen molar-refractivity contribution in [3.05, 3.63) is 36.5 Å².